The summed E-state index contributed by atoms with van der Waals surface area (Å²) in [6, 6.07) is 11.5. The Hall–Kier alpha value is -2.71. The minimum atomic E-state index is -3.66. The molecule has 8 heteroatoms. The molecule has 1 aliphatic rings. The molecule has 0 bridgehead atoms. The van der Waals surface area contributed by atoms with Crippen LogP contribution in [0, 0.1) is 6.92 Å². The van der Waals surface area contributed by atoms with Crippen molar-refractivity contribution in [2.75, 3.05) is 13.1 Å². The zero-order valence-corrected chi connectivity index (χ0v) is 17.7. The molecule has 1 saturated heterocycles. The normalized spacial score (nSPS) is 15.9. The smallest absolute Gasteiger partial charge is 0.408 e. The Morgan fingerprint density at radius 1 is 1.00 bits per heavy atom. The Balaban J connectivity index is 1.64. The molecule has 0 aliphatic carbocycles. The van der Waals surface area contributed by atoms with Gasteiger partial charge >= 0.3 is 5.76 Å². The van der Waals surface area contributed by atoms with Gasteiger partial charge in [-0.1, -0.05) is 42.7 Å². The number of aryl methyl sites for hydroxylation is 1. The monoisotopic (exact) mass is 428 g/mol. The number of nitrogens with zero attached hydrogens (tertiary/aromatic N) is 2. The van der Waals surface area contributed by atoms with E-state index in [1.807, 2.05) is 19.1 Å². The number of fused-ring (bicyclic) bond motifs is 1. The van der Waals surface area contributed by atoms with Crippen LogP contribution in [-0.2, 0) is 16.6 Å². The fourth-order valence-electron chi connectivity index (χ4n) is 3.76. The summed E-state index contributed by atoms with van der Waals surface area (Å²) in [4.78, 5) is 25.0. The highest BCUT2D eigenvalue weighted by atomic mass is 32.2. The van der Waals surface area contributed by atoms with Crippen molar-refractivity contribution in [1.29, 1.82) is 0 Å². The number of benzene rings is 2. The lowest BCUT2D eigenvalue weighted by molar-refractivity contribution is 0.0970. The summed E-state index contributed by atoms with van der Waals surface area (Å²) in [7, 11) is -3.66. The third-order valence-electron chi connectivity index (χ3n) is 5.52. The number of ketones is 1. The van der Waals surface area contributed by atoms with E-state index in [4.69, 9.17) is 4.42 Å². The van der Waals surface area contributed by atoms with Gasteiger partial charge in [-0.25, -0.2) is 13.2 Å². The first-order valence-corrected chi connectivity index (χ1v) is 11.5. The van der Waals surface area contributed by atoms with Gasteiger partial charge in [0.15, 0.2) is 11.4 Å². The largest absolute Gasteiger partial charge is 0.420 e. The van der Waals surface area contributed by atoms with E-state index in [9.17, 15) is 18.0 Å². The van der Waals surface area contributed by atoms with E-state index >= 15 is 0 Å². The maximum Gasteiger partial charge on any atom is 0.420 e. The molecular formula is C22H24N2O5S. The van der Waals surface area contributed by atoms with E-state index in [0.717, 1.165) is 31.2 Å². The Bertz CT molecular complexity index is 1230. The van der Waals surface area contributed by atoms with E-state index in [-0.39, 0.29) is 22.8 Å². The quantitative estimate of drug-likeness (QED) is 0.582. The van der Waals surface area contributed by atoms with Gasteiger partial charge in [0, 0.05) is 24.7 Å². The molecule has 0 atom stereocenters. The summed E-state index contributed by atoms with van der Waals surface area (Å²) in [6.07, 6.45) is 3.73. The molecule has 0 N–H and O–H groups in total. The number of rotatable bonds is 5. The molecule has 4 rings (SSSR count). The summed E-state index contributed by atoms with van der Waals surface area (Å²) in [5, 5.41) is 0. The maximum atomic E-state index is 13.0. The van der Waals surface area contributed by atoms with E-state index < -0.39 is 15.8 Å². The van der Waals surface area contributed by atoms with Gasteiger partial charge in [-0.15, -0.1) is 0 Å². The third-order valence-corrected chi connectivity index (χ3v) is 7.41. The molecule has 1 aromatic heterocycles. The van der Waals surface area contributed by atoms with Gasteiger partial charge in [-0.05, 0) is 31.9 Å². The summed E-state index contributed by atoms with van der Waals surface area (Å²) in [6.45, 7) is 2.75. The number of carbonyl (C=O) groups is 1. The van der Waals surface area contributed by atoms with Crippen LogP contribution in [0.2, 0.25) is 0 Å². The fourth-order valence-corrected chi connectivity index (χ4v) is 5.30. The average molecular weight is 429 g/mol. The van der Waals surface area contributed by atoms with Gasteiger partial charge < -0.3 is 4.42 Å². The molecule has 0 saturated carbocycles. The van der Waals surface area contributed by atoms with Crippen LogP contribution >= 0.6 is 0 Å². The molecule has 0 unspecified atom stereocenters. The summed E-state index contributed by atoms with van der Waals surface area (Å²) < 4.78 is 34.0. The second kappa shape index (κ2) is 8.20. The highest BCUT2D eigenvalue weighted by Gasteiger charge is 2.26. The minimum absolute atomic E-state index is 0.0997. The lowest BCUT2D eigenvalue weighted by atomic mass is 10.1. The SMILES string of the molecule is Cc1ccc(C(=O)Cn2c(=O)oc3cc(S(=O)(=O)N4CCCCCC4)ccc32)cc1. The van der Waals surface area contributed by atoms with Gasteiger partial charge in [-0.3, -0.25) is 9.36 Å². The number of oxazole rings is 1. The Morgan fingerprint density at radius 2 is 1.67 bits per heavy atom. The topological polar surface area (TPSA) is 89.6 Å². The second-order valence-electron chi connectivity index (χ2n) is 7.69. The van der Waals surface area contributed by atoms with Crippen LogP contribution in [0.5, 0.6) is 0 Å². The molecule has 0 amide bonds. The molecule has 7 nitrogen and oxygen atoms in total. The first kappa shape index (κ1) is 20.6. The van der Waals surface area contributed by atoms with Gasteiger partial charge in [0.05, 0.1) is 17.0 Å². The molecular weight excluding hydrogens is 404 g/mol. The van der Waals surface area contributed by atoms with Crippen molar-refractivity contribution >= 4 is 26.9 Å². The Labute approximate surface area is 175 Å². The van der Waals surface area contributed by atoms with Crippen LogP contribution in [0.1, 0.15) is 41.6 Å². The molecule has 2 heterocycles. The van der Waals surface area contributed by atoms with Crippen LogP contribution in [0.3, 0.4) is 0 Å². The predicted molar refractivity (Wildman–Crippen MR) is 113 cm³/mol. The number of carbonyl (C=O) groups excluding carboxylic acids is 1. The van der Waals surface area contributed by atoms with E-state index in [1.54, 1.807) is 12.1 Å². The summed E-state index contributed by atoms with van der Waals surface area (Å²) in [5.74, 6) is -0.907. The number of hydrogen-bond donors (Lipinski definition) is 0. The standard InChI is InChI=1S/C22H24N2O5S/c1-16-6-8-17(9-7-16)20(25)15-24-19-11-10-18(14-21(19)29-22(24)26)30(27,28)23-12-4-2-3-5-13-23/h6-11,14H,2-5,12-13,15H2,1H3. The number of hydrogen-bond acceptors (Lipinski definition) is 5. The van der Waals surface area contributed by atoms with Crippen molar-refractivity contribution in [2.24, 2.45) is 0 Å². The average Bonchev–Trinajstić information content (AvgIpc) is 2.90. The van der Waals surface area contributed by atoms with Crippen molar-refractivity contribution in [3.05, 3.63) is 64.1 Å². The highest BCUT2D eigenvalue weighted by Crippen LogP contribution is 2.24. The van der Waals surface area contributed by atoms with Gasteiger partial charge in [0.2, 0.25) is 10.0 Å². The van der Waals surface area contributed by atoms with Crippen molar-refractivity contribution in [3.8, 4) is 0 Å². The second-order valence-corrected chi connectivity index (χ2v) is 9.63. The van der Waals surface area contributed by atoms with E-state index in [0.29, 0.717) is 24.2 Å². The molecule has 30 heavy (non-hydrogen) atoms. The van der Waals surface area contributed by atoms with Crippen LogP contribution in [-0.4, -0.2) is 36.2 Å². The molecule has 1 aliphatic heterocycles. The lowest BCUT2D eigenvalue weighted by Crippen LogP contribution is -2.31. The molecule has 0 radical (unpaired) electrons. The van der Waals surface area contributed by atoms with Crippen LogP contribution in [0.25, 0.3) is 11.1 Å². The molecule has 0 spiro atoms. The van der Waals surface area contributed by atoms with E-state index in [1.165, 1.54) is 27.1 Å². The van der Waals surface area contributed by atoms with Crippen molar-refractivity contribution in [1.82, 2.24) is 8.87 Å². The summed E-state index contributed by atoms with van der Waals surface area (Å²) in [5.41, 5.74) is 2.10. The molecule has 2 aromatic carbocycles. The zero-order valence-electron chi connectivity index (χ0n) is 16.8. The fraction of sp³-hybridized carbons (Fsp3) is 0.364. The predicted octanol–water partition coefficient (Wildman–Crippen LogP) is 3.35. The number of Topliss-reactive ketones (excluding diaryl/α,β-unsaturated/α-hetero) is 1. The summed E-state index contributed by atoms with van der Waals surface area (Å²) >= 11 is 0. The van der Waals surface area contributed by atoms with E-state index in [2.05, 4.69) is 0 Å². The van der Waals surface area contributed by atoms with Crippen molar-refractivity contribution < 1.29 is 17.6 Å². The van der Waals surface area contributed by atoms with Crippen LogP contribution in [0.15, 0.2) is 56.6 Å². The number of aromatic nitrogens is 1. The Morgan fingerprint density at radius 3 is 2.33 bits per heavy atom. The first-order valence-electron chi connectivity index (χ1n) is 10.1. The highest BCUT2D eigenvalue weighted by molar-refractivity contribution is 7.89. The Kier molecular flexibility index (Phi) is 5.62. The van der Waals surface area contributed by atoms with Crippen molar-refractivity contribution in [3.63, 3.8) is 0 Å². The molecule has 1 fully saturated rings. The molecule has 158 valence electrons. The van der Waals surface area contributed by atoms with Crippen LogP contribution in [0.4, 0.5) is 0 Å². The lowest BCUT2D eigenvalue weighted by Gasteiger charge is -2.19. The van der Waals surface area contributed by atoms with Gasteiger partial charge in [-0.2, -0.15) is 4.31 Å². The molecule has 3 aromatic rings. The number of sulfonamides is 1. The zero-order chi connectivity index (χ0) is 21.3. The van der Waals surface area contributed by atoms with Gasteiger partial charge in [0.25, 0.3) is 0 Å². The maximum absolute atomic E-state index is 13.0. The van der Waals surface area contributed by atoms with Gasteiger partial charge in [0.1, 0.15) is 0 Å². The van der Waals surface area contributed by atoms with Crippen molar-refractivity contribution in [2.45, 2.75) is 44.0 Å². The van der Waals surface area contributed by atoms with Crippen LogP contribution < -0.4 is 5.76 Å². The minimum Gasteiger partial charge on any atom is -0.408 e. The third kappa shape index (κ3) is 3.97. The first-order chi connectivity index (χ1) is 14.4.